The highest BCUT2D eigenvalue weighted by Crippen LogP contribution is 2.18. The largest absolute Gasteiger partial charge is 0.351 e. The minimum atomic E-state index is -3.50. The summed E-state index contributed by atoms with van der Waals surface area (Å²) < 4.78 is 26.5. The van der Waals surface area contributed by atoms with Gasteiger partial charge in [0.25, 0.3) is 0 Å². The number of urea groups is 1. The summed E-state index contributed by atoms with van der Waals surface area (Å²) in [5.74, 6) is 0. The average molecular weight is 297 g/mol. The average Bonchev–Trinajstić information content (AvgIpc) is 2.65. The van der Waals surface area contributed by atoms with Gasteiger partial charge >= 0.3 is 6.03 Å². The second kappa shape index (κ2) is 5.80. The molecule has 0 bridgehead atoms. The maximum Gasteiger partial charge on any atom is 0.314 e. The molecule has 1 aliphatic heterocycles. The predicted molar refractivity (Wildman–Crippen MR) is 75.7 cm³/mol. The van der Waals surface area contributed by atoms with Crippen LogP contribution in [0.15, 0.2) is 29.2 Å². The van der Waals surface area contributed by atoms with Crippen molar-refractivity contribution in [2.24, 2.45) is 5.73 Å². The van der Waals surface area contributed by atoms with Gasteiger partial charge in [0.05, 0.1) is 4.90 Å². The van der Waals surface area contributed by atoms with Gasteiger partial charge in [-0.1, -0.05) is 17.7 Å². The Morgan fingerprint density at radius 2 is 1.75 bits per heavy atom. The van der Waals surface area contributed by atoms with Crippen LogP contribution in [0.2, 0.25) is 0 Å². The van der Waals surface area contributed by atoms with E-state index in [0.29, 0.717) is 26.1 Å². The Bertz CT molecular complexity index is 583. The summed E-state index contributed by atoms with van der Waals surface area (Å²) in [6.07, 6.45) is 0.591. The van der Waals surface area contributed by atoms with E-state index in [2.05, 4.69) is 0 Å². The molecule has 1 saturated heterocycles. The molecule has 0 atom stereocenters. The highest BCUT2D eigenvalue weighted by molar-refractivity contribution is 7.89. The molecule has 0 aliphatic carbocycles. The van der Waals surface area contributed by atoms with Crippen molar-refractivity contribution in [1.82, 2.24) is 9.21 Å². The van der Waals surface area contributed by atoms with E-state index in [0.717, 1.165) is 5.56 Å². The van der Waals surface area contributed by atoms with Gasteiger partial charge in [-0.25, -0.2) is 13.2 Å². The normalized spacial score (nSPS) is 17.8. The summed E-state index contributed by atoms with van der Waals surface area (Å²) in [5.41, 5.74) is 6.25. The van der Waals surface area contributed by atoms with Crippen LogP contribution in [0.5, 0.6) is 0 Å². The van der Waals surface area contributed by atoms with Crippen LogP contribution in [0.3, 0.4) is 0 Å². The van der Waals surface area contributed by atoms with E-state index in [9.17, 15) is 13.2 Å². The van der Waals surface area contributed by atoms with Crippen LogP contribution >= 0.6 is 0 Å². The first-order valence-electron chi connectivity index (χ1n) is 6.52. The third kappa shape index (κ3) is 3.10. The molecule has 7 heteroatoms. The summed E-state index contributed by atoms with van der Waals surface area (Å²) in [7, 11) is -3.50. The van der Waals surface area contributed by atoms with Crippen LogP contribution in [0.25, 0.3) is 0 Å². The smallest absolute Gasteiger partial charge is 0.314 e. The molecule has 1 aromatic carbocycles. The molecule has 2 amide bonds. The Kier molecular flexibility index (Phi) is 4.29. The fourth-order valence-corrected chi connectivity index (χ4v) is 3.68. The van der Waals surface area contributed by atoms with Gasteiger partial charge in [-0.15, -0.1) is 0 Å². The number of nitrogens with zero attached hydrogens (tertiary/aromatic N) is 2. The van der Waals surface area contributed by atoms with Gasteiger partial charge in [-0.05, 0) is 25.5 Å². The number of carbonyl (C=O) groups is 1. The SMILES string of the molecule is Cc1ccc(S(=O)(=O)N2CCCN(C(N)=O)CC2)cc1. The lowest BCUT2D eigenvalue weighted by Crippen LogP contribution is -2.39. The van der Waals surface area contributed by atoms with E-state index in [1.165, 1.54) is 9.21 Å². The molecule has 1 fully saturated rings. The first kappa shape index (κ1) is 14.8. The summed E-state index contributed by atoms with van der Waals surface area (Å²) in [5, 5.41) is 0. The van der Waals surface area contributed by atoms with Gasteiger partial charge in [-0.3, -0.25) is 0 Å². The Morgan fingerprint density at radius 3 is 2.35 bits per heavy atom. The van der Waals surface area contributed by atoms with Gasteiger partial charge in [0.1, 0.15) is 0 Å². The monoisotopic (exact) mass is 297 g/mol. The number of primary amides is 1. The predicted octanol–water partition coefficient (Wildman–Crippen LogP) is 0.770. The number of benzene rings is 1. The Balaban J connectivity index is 2.18. The Labute approximate surface area is 119 Å². The van der Waals surface area contributed by atoms with Crippen LogP contribution in [-0.4, -0.2) is 49.8 Å². The van der Waals surface area contributed by atoms with Crippen LogP contribution < -0.4 is 5.73 Å². The second-order valence-corrected chi connectivity index (χ2v) is 6.83. The number of hydrogen-bond acceptors (Lipinski definition) is 3. The quantitative estimate of drug-likeness (QED) is 0.875. The molecule has 1 heterocycles. The van der Waals surface area contributed by atoms with Gasteiger partial charge in [-0.2, -0.15) is 4.31 Å². The van der Waals surface area contributed by atoms with Crippen molar-refractivity contribution in [2.75, 3.05) is 26.2 Å². The summed E-state index contributed by atoms with van der Waals surface area (Å²) >= 11 is 0. The molecule has 0 saturated carbocycles. The lowest BCUT2D eigenvalue weighted by atomic mass is 10.2. The number of hydrogen-bond donors (Lipinski definition) is 1. The van der Waals surface area contributed by atoms with Gasteiger partial charge < -0.3 is 10.6 Å². The molecule has 0 unspecified atom stereocenters. The molecule has 1 aliphatic rings. The van der Waals surface area contributed by atoms with Crippen LogP contribution in [0, 0.1) is 6.92 Å². The van der Waals surface area contributed by atoms with Crippen LogP contribution in [0.1, 0.15) is 12.0 Å². The third-order valence-electron chi connectivity index (χ3n) is 3.43. The van der Waals surface area contributed by atoms with Gasteiger partial charge in [0, 0.05) is 26.2 Å². The van der Waals surface area contributed by atoms with Crippen molar-refractivity contribution < 1.29 is 13.2 Å². The number of nitrogens with two attached hydrogens (primary N) is 1. The van der Waals surface area contributed by atoms with Crippen molar-refractivity contribution in [3.63, 3.8) is 0 Å². The van der Waals surface area contributed by atoms with Crippen LogP contribution in [-0.2, 0) is 10.0 Å². The van der Waals surface area contributed by atoms with Crippen LogP contribution in [0.4, 0.5) is 4.79 Å². The van der Waals surface area contributed by atoms with Gasteiger partial charge in [0.2, 0.25) is 10.0 Å². The first-order chi connectivity index (χ1) is 9.41. The molecule has 0 spiro atoms. The summed E-state index contributed by atoms with van der Waals surface area (Å²) in [4.78, 5) is 12.9. The number of aryl methyl sites for hydroxylation is 1. The molecular weight excluding hydrogens is 278 g/mol. The second-order valence-electron chi connectivity index (χ2n) is 4.90. The molecule has 0 aromatic heterocycles. The van der Waals surface area contributed by atoms with Crippen molar-refractivity contribution >= 4 is 16.1 Å². The number of rotatable bonds is 2. The lowest BCUT2D eigenvalue weighted by molar-refractivity contribution is 0.210. The Morgan fingerprint density at radius 1 is 1.10 bits per heavy atom. The summed E-state index contributed by atoms with van der Waals surface area (Å²) in [6.45, 7) is 3.42. The molecule has 110 valence electrons. The van der Waals surface area contributed by atoms with E-state index < -0.39 is 16.1 Å². The number of carbonyl (C=O) groups excluding carboxylic acids is 1. The fraction of sp³-hybridized carbons (Fsp3) is 0.462. The molecule has 2 rings (SSSR count). The fourth-order valence-electron chi connectivity index (χ4n) is 2.21. The molecule has 20 heavy (non-hydrogen) atoms. The molecule has 1 aromatic rings. The number of amides is 2. The standard InChI is InChI=1S/C13H19N3O3S/c1-11-3-5-12(6-4-11)20(18,19)16-8-2-7-15(9-10-16)13(14)17/h3-6H,2,7-10H2,1H3,(H2,14,17). The molecule has 6 nitrogen and oxygen atoms in total. The molecular formula is C13H19N3O3S. The summed E-state index contributed by atoms with van der Waals surface area (Å²) in [6, 6.07) is 6.28. The topological polar surface area (TPSA) is 83.7 Å². The van der Waals surface area contributed by atoms with Crippen molar-refractivity contribution in [3.8, 4) is 0 Å². The third-order valence-corrected chi connectivity index (χ3v) is 5.34. The minimum absolute atomic E-state index is 0.277. The van der Waals surface area contributed by atoms with Gasteiger partial charge in [0.15, 0.2) is 0 Å². The highest BCUT2D eigenvalue weighted by Gasteiger charge is 2.27. The van der Waals surface area contributed by atoms with Crippen molar-refractivity contribution in [2.45, 2.75) is 18.2 Å². The van der Waals surface area contributed by atoms with Crippen molar-refractivity contribution in [3.05, 3.63) is 29.8 Å². The van der Waals surface area contributed by atoms with E-state index in [-0.39, 0.29) is 11.4 Å². The maximum absolute atomic E-state index is 12.5. The number of sulfonamides is 1. The zero-order chi connectivity index (χ0) is 14.8. The van der Waals surface area contributed by atoms with E-state index in [1.807, 2.05) is 6.92 Å². The Hall–Kier alpha value is -1.60. The van der Waals surface area contributed by atoms with E-state index in [1.54, 1.807) is 24.3 Å². The maximum atomic E-state index is 12.5. The van der Waals surface area contributed by atoms with E-state index in [4.69, 9.17) is 5.73 Å². The lowest BCUT2D eigenvalue weighted by Gasteiger charge is -2.20. The zero-order valence-corrected chi connectivity index (χ0v) is 12.3. The zero-order valence-electron chi connectivity index (χ0n) is 11.4. The molecule has 0 radical (unpaired) electrons. The van der Waals surface area contributed by atoms with Crippen molar-refractivity contribution in [1.29, 1.82) is 0 Å². The molecule has 2 N–H and O–H groups in total. The first-order valence-corrected chi connectivity index (χ1v) is 7.96. The minimum Gasteiger partial charge on any atom is -0.351 e. The highest BCUT2D eigenvalue weighted by atomic mass is 32.2. The van der Waals surface area contributed by atoms with E-state index >= 15 is 0 Å².